The molecule has 0 bridgehead atoms. The number of aromatic nitrogens is 2. The maximum Gasteiger partial charge on any atom is 0.251 e. The fourth-order valence-electron chi connectivity index (χ4n) is 1.59. The van der Waals surface area contributed by atoms with Gasteiger partial charge in [-0.1, -0.05) is 30.3 Å². The number of H-pyrrole nitrogens is 1. The van der Waals surface area contributed by atoms with Gasteiger partial charge in [-0.3, -0.25) is 9.59 Å². The van der Waals surface area contributed by atoms with Crippen molar-refractivity contribution in [2.24, 2.45) is 0 Å². The number of Topliss-reactive ketones (excluding diaryl/α,β-unsaturated/α-hetero) is 1. The van der Waals surface area contributed by atoms with Crippen molar-refractivity contribution < 1.29 is 4.79 Å². The average molecular weight is 309 g/mol. The highest BCUT2D eigenvalue weighted by Crippen LogP contribution is 2.16. The summed E-state index contributed by atoms with van der Waals surface area (Å²) in [4.78, 5) is 30.3. The normalized spacial score (nSPS) is 10.5. The van der Waals surface area contributed by atoms with Crippen molar-refractivity contribution in [1.29, 1.82) is 0 Å². The first-order valence-electron chi connectivity index (χ1n) is 6.10. The quantitative estimate of drug-likeness (QED) is 0.524. The molecular weight excluding hydrogens is 296 g/mol. The van der Waals surface area contributed by atoms with Crippen LogP contribution in [0, 0.1) is 0 Å². The van der Waals surface area contributed by atoms with Gasteiger partial charge in [-0.2, -0.15) is 0 Å². The van der Waals surface area contributed by atoms with Gasteiger partial charge >= 0.3 is 0 Å². The van der Waals surface area contributed by atoms with E-state index in [1.54, 1.807) is 24.3 Å². The highest BCUT2D eigenvalue weighted by atomic mass is 35.5. The molecule has 0 radical (unpaired) electrons. The second-order valence-corrected chi connectivity index (χ2v) is 5.51. The number of halogens is 1. The topological polar surface area (TPSA) is 62.8 Å². The zero-order chi connectivity index (χ0) is 14.5. The lowest BCUT2D eigenvalue weighted by atomic mass is 10.1. The van der Waals surface area contributed by atoms with E-state index in [2.05, 4.69) is 9.97 Å². The van der Waals surface area contributed by atoms with Gasteiger partial charge in [0.2, 0.25) is 0 Å². The minimum atomic E-state index is -0.196. The Labute approximate surface area is 125 Å². The van der Waals surface area contributed by atoms with Crippen LogP contribution in [0.5, 0.6) is 0 Å². The van der Waals surface area contributed by atoms with Gasteiger partial charge in [0, 0.05) is 22.3 Å². The van der Waals surface area contributed by atoms with Gasteiger partial charge in [0.05, 0.1) is 5.75 Å². The molecular formula is C14H13ClN2O2S. The Morgan fingerprint density at radius 3 is 2.70 bits per heavy atom. The molecule has 0 amide bonds. The molecule has 0 atom stereocenters. The van der Waals surface area contributed by atoms with Crippen molar-refractivity contribution >= 4 is 29.1 Å². The van der Waals surface area contributed by atoms with Gasteiger partial charge in [0.1, 0.15) is 0 Å². The van der Waals surface area contributed by atoms with Crippen molar-refractivity contribution in [2.75, 3.05) is 5.75 Å². The Morgan fingerprint density at radius 1 is 1.35 bits per heavy atom. The molecule has 1 N–H and O–H groups in total. The van der Waals surface area contributed by atoms with Crippen molar-refractivity contribution in [2.45, 2.75) is 18.5 Å². The summed E-state index contributed by atoms with van der Waals surface area (Å²) < 4.78 is 0. The molecule has 2 rings (SSSR count). The number of carbonyl (C=O) groups is 1. The largest absolute Gasteiger partial charge is 0.301 e. The van der Waals surface area contributed by atoms with E-state index in [9.17, 15) is 9.59 Å². The molecule has 104 valence electrons. The number of hydrogen-bond acceptors (Lipinski definition) is 4. The van der Waals surface area contributed by atoms with Crippen LogP contribution in [-0.2, 0) is 6.42 Å². The molecule has 20 heavy (non-hydrogen) atoms. The molecule has 0 aliphatic rings. The van der Waals surface area contributed by atoms with Gasteiger partial charge < -0.3 is 4.98 Å². The van der Waals surface area contributed by atoms with E-state index in [1.807, 2.05) is 6.92 Å². The average Bonchev–Trinajstić information content (AvgIpc) is 2.45. The van der Waals surface area contributed by atoms with E-state index < -0.39 is 0 Å². The van der Waals surface area contributed by atoms with Crippen LogP contribution in [0.3, 0.4) is 0 Å². The van der Waals surface area contributed by atoms with Crippen LogP contribution in [0.2, 0.25) is 5.02 Å². The van der Waals surface area contributed by atoms with E-state index in [-0.39, 0.29) is 17.1 Å². The summed E-state index contributed by atoms with van der Waals surface area (Å²) in [6.07, 6.45) is 0.683. The molecule has 0 saturated carbocycles. The Bertz CT molecular complexity index is 668. The molecule has 1 aromatic carbocycles. The van der Waals surface area contributed by atoms with Crippen LogP contribution in [0.1, 0.15) is 23.0 Å². The van der Waals surface area contributed by atoms with E-state index in [0.29, 0.717) is 22.2 Å². The van der Waals surface area contributed by atoms with E-state index >= 15 is 0 Å². The van der Waals surface area contributed by atoms with E-state index in [4.69, 9.17) is 11.6 Å². The molecule has 0 aliphatic carbocycles. The Balaban J connectivity index is 2.05. The highest BCUT2D eigenvalue weighted by molar-refractivity contribution is 7.99. The zero-order valence-electron chi connectivity index (χ0n) is 10.9. The number of aryl methyl sites for hydroxylation is 1. The number of carbonyl (C=O) groups excluding carboxylic acids is 1. The third kappa shape index (κ3) is 3.95. The van der Waals surface area contributed by atoms with Crippen molar-refractivity contribution in [3.8, 4) is 0 Å². The molecule has 0 aliphatic heterocycles. The smallest absolute Gasteiger partial charge is 0.251 e. The van der Waals surface area contributed by atoms with Crippen LogP contribution < -0.4 is 5.56 Å². The number of rotatable bonds is 5. The first-order valence-corrected chi connectivity index (χ1v) is 7.46. The summed E-state index contributed by atoms with van der Waals surface area (Å²) in [7, 11) is 0. The standard InChI is InChI=1S/C14H13ClN2O2S/c1-2-11-7-13(19)17-14(16-11)20-8-12(18)9-3-5-10(15)6-4-9/h3-7H,2,8H2,1H3,(H,16,17,19). The second-order valence-electron chi connectivity index (χ2n) is 4.11. The SMILES string of the molecule is CCc1cc(=O)[nH]c(SCC(=O)c2ccc(Cl)cc2)n1. The van der Waals surface area contributed by atoms with Gasteiger partial charge in [-0.25, -0.2) is 4.98 Å². The zero-order valence-corrected chi connectivity index (χ0v) is 12.4. The monoisotopic (exact) mass is 308 g/mol. The van der Waals surface area contributed by atoms with Crippen LogP contribution in [0.4, 0.5) is 0 Å². The van der Waals surface area contributed by atoms with Crippen LogP contribution in [0.15, 0.2) is 40.3 Å². The summed E-state index contributed by atoms with van der Waals surface area (Å²) >= 11 is 7.00. The van der Waals surface area contributed by atoms with Crippen LogP contribution in [0.25, 0.3) is 0 Å². The van der Waals surface area contributed by atoms with E-state index in [0.717, 1.165) is 5.69 Å². The molecule has 0 saturated heterocycles. The summed E-state index contributed by atoms with van der Waals surface area (Å²) in [6.45, 7) is 1.93. The molecule has 0 fully saturated rings. The van der Waals surface area contributed by atoms with Gasteiger partial charge in [-0.05, 0) is 30.7 Å². The lowest BCUT2D eigenvalue weighted by Gasteiger charge is -2.03. The minimum Gasteiger partial charge on any atom is -0.301 e. The summed E-state index contributed by atoms with van der Waals surface area (Å²) in [5.41, 5.74) is 1.12. The number of aromatic amines is 1. The maximum absolute atomic E-state index is 12.0. The number of thioether (sulfide) groups is 1. The fraction of sp³-hybridized carbons (Fsp3) is 0.214. The van der Waals surface area contributed by atoms with Crippen molar-refractivity contribution in [3.63, 3.8) is 0 Å². The number of ketones is 1. The maximum atomic E-state index is 12.0. The summed E-state index contributed by atoms with van der Waals surface area (Å²) in [5.74, 6) is 0.189. The number of nitrogens with zero attached hydrogens (tertiary/aromatic N) is 1. The van der Waals surface area contributed by atoms with E-state index in [1.165, 1.54) is 17.8 Å². The summed E-state index contributed by atoms with van der Waals surface area (Å²) in [5, 5.41) is 1.06. The molecule has 1 heterocycles. The highest BCUT2D eigenvalue weighted by Gasteiger charge is 2.08. The van der Waals surface area contributed by atoms with Crippen molar-refractivity contribution in [1.82, 2.24) is 9.97 Å². The van der Waals surface area contributed by atoms with Gasteiger partial charge in [0.15, 0.2) is 10.9 Å². The fourth-order valence-corrected chi connectivity index (χ4v) is 2.50. The lowest BCUT2D eigenvalue weighted by Crippen LogP contribution is -2.11. The third-order valence-electron chi connectivity index (χ3n) is 2.64. The molecule has 6 heteroatoms. The first kappa shape index (κ1) is 14.8. The molecule has 1 aromatic heterocycles. The van der Waals surface area contributed by atoms with Crippen molar-refractivity contribution in [3.05, 3.63) is 57.0 Å². The summed E-state index contributed by atoms with van der Waals surface area (Å²) in [6, 6.07) is 8.19. The molecule has 0 unspecified atom stereocenters. The van der Waals surface area contributed by atoms with Gasteiger partial charge in [-0.15, -0.1) is 0 Å². The molecule has 2 aromatic rings. The number of nitrogens with one attached hydrogen (secondary N) is 1. The third-order valence-corrected chi connectivity index (χ3v) is 3.77. The predicted molar refractivity (Wildman–Crippen MR) is 80.7 cm³/mol. The van der Waals surface area contributed by atoms with Gasteiger partial charge in [0.25, 0.3) is 5.56 Å². The predicted octanol–water partition coefficient (Wildman–Crippen LogP) is 2.96. The lowest BCUT2D eigenvalue weighted by molar-refractivity contribution is 0.102. The first-order chi connectivity index (χ1) is 9.58. The minimum absolute atomic E-state index is 0.0313. The van der Waals surface area contributed by atoms with Crippen LogP contribution >= 0.6 is 23.4 Å². The Kier molecular flexibility index (Phi) is 4.98. The Morgan fingerprint density at radius 2 is 2.05 bits per heavy atom. The Hall–Kier alpha value is -1.59. The number of hydrogen-bond donors (Lipinski definition) is 1. The number of benzene rings is 1. The van der Waals surface area contributed by atoms with Crippen LogP contribution in [-0.4, -0.2) is 21.5 Å². The second kappa shape index (κ2) is 6.72. The molecule has 4 nitrogen and oxygen atoms in total. The molecule has 0 spiro atoms.